The molecule has 8 heteroatoms. The first-order chi connectivity index (χ1) is 17.0. The van der Waals surface area contributed by atoms with Gasteiger partial charge in [-0.2, -0.15) is 4.31 Å². The van der Waals surface area contributed by atoms with Gasteiger partial charge in [-0.25, -0.2) is 13.4 Å². The molecule has 182 valence electrons. The lowest BCUT2D eigenvalue weighted by atomic mass is 9.91. The van der Waals surface area contributed by atoms with Crippen molar-refractivity contribution in [2.45, 2.75) is 36.5 Å². The number of sulfonamides is 1. The third kappa shape index (κ3) is 4.88. The van der Waals surface area contributed by atoms with Crippen molar-refractivity contribution < 1.29 is 18.3 Å². The van der Waals surface area contributed by atoms with E-state index in [1.54, 1.807) is 28.6 Å². The van der Waals surface area contributed by atoms with Gasteiger partial charge in [-0.1, -0.05) is 42.5 Å². The predicted octanol–water partition coefficient (Wildman–Crippen LogP) is 4.29. The number of aromatic nitrogens is 2. The second kappa shape index (κ2) is 9.91. The second-order valence-electron chi connectivity index (χ2n) is 8.95. The molecule has 0 saturated carbocycles. The number of benzene rings is 2. The molecule has 2 aromatic carbocycles. The van der Waals surface area contributed by atoms with Crippen LogP contribution in [0.5, 0.6) is 0 Å². The van der Waals surface area contributed by atoms with Gasteiger partial charge < -0.3 is 14.4 Å². The number of aliphatic hydroxyl groups excluding tert-OH is 1. The van der Waals surface area contributed by atoms with Gasteiger partial charge in [-0.3, -0.25) is 0 Å². The van der Waals surface area contributed by atoms with Crippen molar-refractivity contribution in [1.29, 1.82) is 0 Å². The van der Waals surface area contributed by atoms with E-state index in [-0.39, 0.29) is 5.92 Å². The summed E-state index contributed by atoms with van der Waals surface area (Å²) in [5.41, 5.74) is 3.90. The van der Waals surface area contributed by atoms with E-state index in [9.17, 15) is 13.5 Å². The largest absolute Gasteiger partial charge is 0.364 e. The normalized spacial score (nSPS) is 16.5. The van der Waals surface area contributed by atoms with Crippen LogP contribution < -0.4 is 0 Å². The lowest BCUT2D eigenvalue weighted by Gasteiger charge is -2.31. The molecule has 7 nitrogen and oxygen atoms in total. The zero-order chi connectivity index (χ0) is 24.4. The van der Waals surface area contributed by atoms with Crippen LogP contribution in [0.1, 0.15) is 41.7 Å². The van der Waals surface area contributed by atoms with Crippen LogP contribution in [0.2, 0.25) is 0 Å². The summed E-state index contributed by atoms with van der Waals surface area (Å²) in [6, 6.07) is 20.6. The average molecular weight is 492 g/mol. The summed E-state index contributed by atoms with van der Waals surface area (Å²) in [7, 11) is -1.97. The van der Waals surface area contributed by atoms with Gasteiger partial charge in [0.05, 0.1) is 4.90 Å². The standard InChI is InChI=1S/C27H29N3O4S/c1-34-27(31)22-9-7-20(8-10-22)19-29-14-11-23-17-24(18-28-26(23)29)21-12-15-30(16-13-21)35(32,33)25-5-3-2-4-6-25/h2-11,14,17-18,21,27,31H,12-13,15-16,19H2,1H3/t27-/m0/s1. The lowest BCUT2D eigenvalue weighted by Crippen LogP contribution is -2.37. The van der Waals surface area contributed by atoms with E-state index < -0.39 is 16.3 Å². The highest BCUT2D eigenvalue weighted by Gasteiger charge is 2.30. The Hall–Kier alpha value is -3.04. The minimum atomic E-state index is -3.44. The van der Waals surface area contributed by atoms with Gasteiger partial charge in [0.15, 0.2) is 6.29 Å². The summed E-state index contributed by atoms with van der Waals surface area (Å²) < 4.78 is 34.5. The molecule has 3 heterocycles. The molecule has 1 aliphatic heterocycles. The Kier molecular flexibility index (Phi) is 6.71. The molecule has 1 aliphatic rings. The van der Waals surface area contributed by atoms with Gasteiger partial charge in [0.1, 0.15) is 5.65 Å². The van der Waals surface area contributed by atoms with E-state index in [0.717, 1.165) is 40.6 Å². The fraction of sp³-hybridized carbons (Fsp3) is 0.296. The zero-order valence-corrected chi connectivity index (χ0v) is 20.4. The maximum Gasteiger partial charge on any atom is 0.243 e. The van der Waals surface area contributed by atoms with Gasteiger partial charge in [-0.15, -0.1) is 0 Å². The van der Waals surface area contributed by atoms with Crippen LogP contribution in [0.15, 0.2) is 84.0 Å². The van der Waals surface area contributed by atoms with Crippen molar-refractivity contribution in [1.82, 2.24) is 13.9 Å². The van der Waals surface area contributed by atoms with Gasteiger partial charge >= 0.3 is 0 Å². The topological polar surface area (TPSA) is 84.7 Å². The number of piperidine rings is 1. The molecule has 0 unspecified atom stereocenters. The maximum absolute atomic E-state index is 12.9. The molecule has 1 atom stereocenters. The number of methoxy groups -OCH3 is 1. The van der Waals surface area contributed by atoms with Crippen molar-refractivity contribution in [3.05, 3.63) is 95.8 Å². The van der Waals surface area contributed by atoms with E-state index in [1.165, 1.54) is 7.11 Å². The molecule has 0 bridgehead atoms. The summed E-state index contributed by atoms with van der Waals surface area (Å²) in [6.45, 7) is 1.69. The van der Waals surface area contributed by atoms with Crippen molar-refractivity contribution in [2.75, 3.05) is 20.2 Å². The third-order valence-electron chi connectivity index (χ3n) is 6.77. The summed E-state index contributed by atoms with van der Waals surface area (Å²) >= 11 is 0. The van der Waals surface area contributed by atoms with Crippen LogP contribution in [0, 0.1) is 0 Å². The van der Waals surface area contributed by atoms with E-state index in [1.807, 2.05) is 42.7 Å². The van der Waals surface area contributed by atoms with Crippen molar-refractivity contribution >= 4 is 21.1 Å². The Morgan fingerprint density at radius 2 is 1.77 bits per heavy atom. The molecule has 4 aromatic rings. The minimum absolute atomic E-state index is 0.289. The highest BCUT2D eigenvalue weighted by Crippen LogP contribution is 2.32. The number of hydrogen-bond donors (Lipinski definition) is 1. The Morgan fingerprint density at radius 1 is 1.06 bits per heavy atom. The molecule has 1 saturated heterocycles. The van der Waals surface area contributed by atoms with Crippen LogP contribution in [0.4, 0.5) is 0 Å². The number of ether oxygens (including phenoxy) is 1. The molecule has 1 fully saturated rings. The van der Waals surface area contributed by atoms with Crippen LogP contribution in [0.25, 0.3) is 11.0 Å². The van der Waals surface area contributed by atoms with E-state index in [0.29, 0.717) is 24.5 Å². The average Bonchev–Trinajstić information content (AvgIpc) is 3.31. The summed E-state index contributed by atoms with van der Waals surface area (Å²) in [5.74, 6) is 0.289. The zero-order valence-electron chi connectivity index (χ0n) is 19.6. The highest BCUT2D eigenvalue weighted by atomic mass is 32.2. The van der Waals surface area contributed by atoms with Gasteiger partial charge in [0, 0.05) is 50.1 Å². The predicted molar refractivity (Wildman–Crippen MR) is 134 cm³/mol. The van der Waals surface area contributed by atoms with Crippen LogP contribution >= 0.6 is 0 Å². The molecule has 1 N–H and O–H groups in total. The number of nitrogens with zero attached hydrogens (tertiary/aromatic N) is 3. The number of fused-ring (bicyclic) bond motifs is 1. The van der Waals surface area contributed by atoms with Gasteiger partial charge in [-0.05, 0) is 54.2 Å². The SMILES string of the molecule is CO[C@H](O)c1ccc(Cn2ccc3cc(C4CCN(S(=O)(=O)c5ccccc5)CC4)cnc32)cc1. The molecular formula is C27H29N3O4S. The quantitative estimate of drug-likeness (QED) is 0.390. The highest BCUT2D eigenvalue weighted by molar-refractivity contribution is 7.89. The first-order valence-corrected chi connectivity index (χ1v) is 13.2. The van der Waals surface area contributed by atoms with E-state index in [4.69, 9.17) is 9.72 Å². The summed E-state index contributed by atoms with van der Waals surface area (Å²) in [6.07, 6.45) is 4.61. The Labute approximate surface area is 205 Å². The van der Waals surface area contributed by atoms with Crippen molar-refractivity contribution in [2.24, 2.45) is 0 Å². The monoisotopic (exact) mass is 491 g/mol. The molecule has 35 heavy (non-hydrogen) atoms. The maximum atomic E-state index is 12.9. The van der Waals surface area contributed by atoms with Crippen molar-refractivity contribution in [3.8, 4) is 0 Å². The lowest BCUT2D eigenvalue weighted by molar-refractivity contribution is -0.0769. The van der Waals surface area contributed by atoms with Crippen LogP contribution in [-0.2, 0) is 21.3 Å². The number of hydrogen-bond acceptors (Lipinski definition) is 5. The minimum Gasteiger partial charge on any atom is -0.364 e. The Bertz CT molecular complexity index is 1390. The van der Waals surface area contributed by atoms with Crippen molar-refractivity contribution in [3.63, 3.8) is 0 Å². The van der Waals surface area contributed by atoms with Gasteiger partial charge in [0.2, 0.25) is 10.0 Å². The smallest absolute Gasteiger partial charge is 0.243 e. The summed E-state index contributed by atoms with van der Waals surface area (Å²) in [5, 5.41) is 10.9. The van der Waals surface area contributed by atoms with E-state index in [2.05, 4.69) is 16.7 Å². The van der Waals surface area contributed by atoms with Crippen LogP contribution in [-0.4, -0.2) is 47.6 Å². The molecule has 0 aliphatic carbocycles. The van der Waals surface area contributed by atoms with Gasteiger partial charge in [0.25, 0.3) is 0 Å². The molecule has 5 rings (SSSR count). The Balaban J connectivity index is 1.27. The fourth-order valence-electron chi connectivity index (χ4n) is 4.74. The Morgan fingerprint density at radius 3 is 2.46 bits per heavy atom. The molecule has 0 amide bonds. The first kappa shape index (κ1) is 23.7. The first-order valence-electron chi connectivity index (χ1n) is 11.8. The van der Waals surface area contributed by atoms with Crippen LogP contribution in [0.3, 0.4) is 0 Å². The molecule has 0 radical (unpaired) electrons. The number of rotatable bonds is 7. The molecular weight excluding hydrogens is 462 g/mol. The number of aliphatic hydroxyl groups is 1. The fourth-order valence-corrected chi connectivity index (χ4v) is 6.23. The molecule has 0 spiro atoms. The number of pyridine rings is 1. The second-order valence-corrected chi connectivity index (χ2v) is 10.9. The van der Waals surface area contributed by atoms with E-state index >= 15 is 0 Å². The molecule has 2 aromatic heterocycles. The third-order valence-corrected chi connectivity index (χ3v) is 8.68. The summed E-state index contributed by atoms with van der Waals surface area (Å²) in [4.78, 5) is 5.11.